The van der Waals surface area contributed by atoms with Gasteiger partial charge in [-0.1, -0.05) is 13.3 Å². The first-order valence-electron chi connectivity index (χ1n) is 10.7. The number of fused-ring (bicyclic) bond motifs is 1. The molecule has 0 saturated heterocycles. The fourth-order valence-electron chi connectivity index (χ4n) is 3.77. The van der Waals surface area contributed by atoms with Gasteiger partial charge in [0.05, 0.1) is 27.4 Å². The molecule has 6 nitrogen and oxygen atoms in total. The summed E-state index contributed by atoms with van der Waals surface area (Å²) < 4.78 is 22.5. The van der Waals surface area contributed by atoms with E-state index in [1.54, 1.807) is 21.3 Å². The van der Waals surface area contributed by atoms with Gasteiger partial charge in [0.15, 0.2) is 16.6 Å². The molecule has 1 aliphatic rings. The predicted octanol–water partition coefficient (Wildman–Crippen LogP) is 4.37. The lowest BCUT2D eigenvalue weighted by atomic mass is 9.92. The SMILES string of the molecule is CCCCNC(=S)N1CCc2cc(OC)c(OC)cc2C1COc1ccc(OC)cc1. The van der Waals surface area contributed by atoms with Crippen LogP contribution < -0.4 is 24.3 Å². The van der Waals surface area contributed by atoms with Crippen molar-refractivity contribution in [3.63, 3.8) is 0 Å². The number of benzene rings is 2. The van der Waals surface area contributed by atoms with Crippen molar-refractivity contribution in [2.24, 2.45) is 0 Å². The molecule has 168 valence electrons. The first kappa shape index (κ1) is 23.0. The van der Waals surface area contributed by atoms with Crippen LogP contribution in [-0.4, -0.2) is 51.0 Å². The topological polar surface area (TPSA) is 52.2 Å². The van der Waals surface area contributed by atoms with Gasteiger partial charge < -0.3 is 29.2 Å². The Kier molecular flexibility index (Phi) is 8.23. The normalized spacial score (nSPS) is 15.1. The second-order valence-corrected chi connectivity index (χ2v) is 7.82. The van der Waals surface area contributed by atoms with E-state index >= 15 is 0 Å². The third-order valence-electron chi connectivity index (χ3n) is 5.54. The number of rotatable bonds is 9. The molecule has 3 rings (SSSR count). The standard InChI is InChI=1S/C24H32N2O4S/c1-5-6-12-25-24(31)26-13-11-17-14-22(28-3)23(29-4)15-20(17)21(26)16-30-19-9-7-18(27-2)8-10-19/h7-10,14-15,21H,5-6,11-13,16H2,1-4H3,(H,25,31). The monoisotopic (exact) mass is 444 g/mol. The number of unbranched alkanes of at least 4 members (excludes halogenated alkanes) is 1. The summed E-state index contributed by atoms with van der Waals surface area (Å²) in [6.07, 6.45) is 3.09. The van der Waals surface area contributed by atoms with Crippen molar-refractivity contribution in [2.45, 2.75) is 32.2 Å². The maximum Gasteiger partial charge on any atom is 0.169 e. The van der Waals surface area contributed by atoms with Crippen LogP contribution >= 0.6 is 12.2 Å². The third-order valence-corrected chi connectivity index (χ3v) is 5.92. The molecule has 0 aromatic heterocycles. The summed E-state index contributed by atoms with van der Waals surface area (Å²) >= 11 is 5.75. The van der Waals surface area contributed by atoms with Crippen LogP contribution in [0.4, 0.5) is 0 Å². The molecule has 0 spiro atoms. The molecule has 0 amide bonds. The molecule has 0 aliphatic carbocycles. The summed E-state index contributed by atoms with van der Waals surface area (Å²) in [5, 5.41) is 4.17. The predicted molar refractivity (Wildman–Crippen MR) is 127 cm³/mol. The molecule has 1 heterocycles. The zero-order valence-corrected chi connectivity index (χ0v) is 19.6. The summed E-state index contributed by atoms with van der Waals surface area (Å²) in [7, 11) is 4.97. The van der Waals surface area contributed by atoms with Crippen LogP contribution in [0.15, 0.2) is 36.4 Å². The first-order valence-corrected chi connectivity index (χ1v) is 11.1. The van der Waals surface area contributed by atoms with Crippen LogP contribution in [0.2, 0.25) is 0 Å². The number of hydrogen-bond donors (Lipinski definition) is 1. The minimum absolute atomic E-state index is 0.0349. The molecular formula is C24H32N2O4S. The van der Waals surface area contributed by atoms with E-state index in [1.807, 2.05) is 24.3 Å². The van der Waals surface area contributed by atoms with E-state index in [0.29, 0.717) is 12.4 Å². The average molecular weight is 445 g/mol. The van der Waals surface area contributed by atoms with Crippen LogP contribution in [0.5, 0.6) is 23.0 Å². The Hall–Kier alpha value is -2.67. The Bertz CT molecular complexity index is 873. The summed E-state index contributed by atoms with van der Waals surface area (Å²) in [6, 6.07) is 11.7. The average Bonchev–Trinajstić information content (AvgIpc) is 2.81. The van der Waals surface area contributed by atoms with E-state index in [0.717, 1.165) is 60.3 Å². The molecule has 2 aromatic rings. The summed E-state index contributed by atoms with van der Waals surface area (Å²) in [4.78, 5) is 2.22. The van der Waals surface area contributed by atoms with Gasteiger partial charge in [-0.25, -0.2) is 0 Å². The lowest BCUT2D eigenvalue weighted by molar-refractivity contribution is 0.187. The van der Waals surface area contributed by atoms with Crippen LogP contribution in [0.25, 0.3) is 0 Å². The highest BCUT2D eigenvalue weighted by Crippen LogP contribution is 2.38. The van der Waals surface area contributed by atoms with Gasteiger partial charge in [-0.2, -0.15) is 0 Å². The van der Waals surface area contributed by atoms with Crippen molar-refractivity contribution >= 4 is 17.3 Å². The smallest absolute Gasteiger partial charge is 0.169 e. The van der Waals surface area contributed by atoms with E-state index in [2.05, 4.69) is 29.3 Å². The van der Waals surface area contributed by atoms with Gasteiger partial charge in [-0.15, -0.1) is 0 Å². The number of thiocarbonyl (C=S) groups is 1. The Morgan fingerprint density at radius 1 is 1.03 bits per heavy atom. The highest BCUT2D eigenvalue weighted by Gasteiger charge is 2.31. The van der Waals surface area contributed by atoms with Crippen molar-refractivity contribution in [1.82, 2.24) is 10.2 Å². The van der Waals surface area contributed by atoms with Gasteiger partial charge >= 0.3 is 0 Å². The Balaban J connectivity index is 1.86. The molecule has 1 aliphatic heterocycles. The quantitative estimate of drug-likeness (QED) is 0.455. The largest absolute Gasteiger partial charge is 0.497 e. The fraction of sp³-hybridized carbons (Fsp3) is 0.458. The number of nitrogens with zero attached hydrogens (tertiary/aromatic N) is 1. The maximum atomic E-state index is 6.18. The lowest BCUT2D eigenvalue weighted by Crippen LogP contribution is -2.47. The molecule has 0 saturated carbocycles. The van der Waals surface area contributed by atoms with Gasteiger partial charge in [0.2, 0.25) is 0 Å². The first-order chi connectivity index (χ1) is 15.1. The number of ether oxygens (including phenoxy) is 4. The van der Waals surface area contributed by atoms with Gasteiger partial charge in [-0.3, -0.25) is 0 Å². The zero-order valence-electron chi connectivity index (χ0n) is 18.8. The van der Waals surface area contributed by atoms with Crippen molar-refractivity contribution in [1.29, 1.82) is 0 Å². The molecule has 0 radical (unpaired) electrons. The van der Waals surface area contributed by atoms with Crippen molar-refractivity contribution in [2.75, 3.05) is 41.0 Å². The number of methoxy groups -OCH3 is 3. The minimum Gasteiger partial charge on any atom is -0.497 e. The Morgan fingerprint density at radius 3 is 2.35 bits per heavy atom. The van der Waals surface area contributed by atoms with E-state index in [-0.39, 0.29) is 6.04 Å². The highest BCUT2D eigenvalue weighted by molar-refractivity contribution is 7.80. The molecule has 7 heteroatoms. The molecule has 1 unspecified atom stereocenters. The Labute approximate surface area is 190 Å². The van der Waals surface area contributed by atoms with E-state index in [1.165, 1.54) is 5.56 Å². The van der Waals surface area contributed by atoms with Crippen LogP contribution in [0.3, 0.4) is 0 Å². The number of hydrogen-bond acceptors (Lipinski definition) is 5. The second kappa shape index (κ2) is 11.1. The zero-order chi connectivity index (χ0) is 22.2. The Morgan fingerprint density at radius 2 is 1.71 bits per heavy atom. The van der Waals surface area contributed by atoms with Crippen LogP contribution in [-0.2, 0) is 6.42 Å². The van der Waals surface area contributed by atoms with E-state index in [9.17, 15) is 0 Å². The number of nitrogens with one attached hydrogen (secondary N) is 1. The van der Waals surface area contributed by atoms with Gasteiger partial charge in [0.25, 0.3) is 0 Å². The summed E-state index contributed by atoms with van der Waals surface area (Å²) in [5.74, 6) is 3.05. The molecule has 1 atom stereocenters. The highest BCUT2D eigenvalue weighted by atomic mass is 32.1. The summed E-state index contributed by atoms with van der Waals surface area (Å²) in [6.45, 7) is 4.32. The van der Waals surface area contributed by atoms with E-state index in [4.69, 9.17) is 31.2 Å². The van der Waals surface area contributed by atoms with E-state index < -0.39 is 0 Å². The minimum atomic E-state index is -0.0349. The lowest BCUT2D eigenvalue weighted by Gasteiger charge is -2.39. The molecule has 0 bridgehead atoms. The van der Waals surface area contributed by atoms with Crippen LogP contribution in [0, 0.1) is 0 Å². The second-order valence-electron chi connectivity index (χ2n) is 7.44. The van der Waals surface area contributed by atoms with Crippen molar-refractivity contribution in [3.8, 4) is 23.0 Å². The molecule has 0 fully saturated rings. The summed E-state index contributed by atoms with van der Waals surface area (Å²) in [5.41, 5.74) is 2.38. The van der Waals surface area contributed by atoms with Gasteiger partial charge in [0, 0.05) is 13.1 Å². The fourth-order valence-corrected chi connectivity index (χ4v) is 4.09. The van der Waals surface area contributed by atoms with Crippen molar-refractivity contribution in [3.05, 3.63) is 47.5 Å². The maximum absolute atomic E-state index is 6.18. The molecule has 31 heavy (non-hydrogen) atoms. The molecule has 2 aromatic carbocycles. The van der Waals surface area contributed by atoms with Crippen molar-refractivity contribution < 1.29 is 18.9 Å². The van der Waals surface area contributed by atoms with Gasteiger partial charge in [-0.05, 0) is 72.6 Å². The third kappa shape index (κ3) is 5.53. The van der Waals surface area contributed by atoms with Crippen LogP contribution in [0.1, 0.15) is 36.9 Å². The molecule has 1 N–H and O–H groups in total. The molecular weight excluding hydrogens is 412 g/mol. The van der Waals surface area contributed by atoms with Gasteiger partial charge in [0.1, 0.15) is 18.1 Å².